The quantitative estimate of drug-likeness (QED) is 0.808. The molecule has 0 saturated carbocycles. The number of furan rings is 1. The van der Waals surface area contributed by atoms with Crippen molar-refractivity contribution in [3.05, 3.63) is 52.8 Å². The van der Waals surface area contributed by atoms with Crippen LogP contribution in [0.1, 0.15) is 34.9 Å². The highest BCUT2D eigenvalue weighted by molar-refractivity contribution is 5.92. The van der Waals surface area contributed by atoms with Gasteiger partial charge in [0.05, 0.1) is 6.54 Å². The Labute approximate surface area is 147 Å². The average Bonchev–Trinajstić information content (AvgIpc) is 2.86. The molecule has 1 atom stereocenters. The van der Waals surface area contributed by atoms with Crippen LogP contribution in [-0.2, 0) is 4.79 Å². The fourth-order valence-electron chi connectivity index (χ4n) is 2.79. The highest BCUT2D eigenvalue weighted by atomic mass is 16.4. The zero-order chi connectivity index (χ0) is 18.4. The van der Waals surface area contributed by atoms with Crippen molar-refractivity contribution in [3.63, 3.8) is 0 Å². The van der Waals surface area contributed by atoms with Crippen LogP contribution in [0.5, 0.6) is 0 Å². The van der Waals surface area contributed by atoms with E-state index in [0.717, 1.165) is 11.1 Å². The summed E-state index contributed by atoms with van der Waals surface area (Å²) in [6.45, 7) is 3.68. The van der Waals surface area contributed by atoms with E-state index in [1.165, 1.54) is 0 Å². The molecular formula is C19H23N3O3. The van der Waals surface area contributed by atoms with Gasteiger partial charge in [0.25, 0.3) is 0 Å². The van der Waals surface area contributed by atoms with Crippen LogP contribution in [0, 0.1) is 25.2 Å². The number of hydrogen-bond acceptors (Lipinski definition) is 5. The standard InChI is InChI=1S/C19H23N3O3/c1-13-14(2)25-19(16(13)11-20)21-18(24)12-22(3)17(9-10-23)15-7-5-4-6-8-15/h4-8,17,23H,9-10,12H2,1-3H3,(H,21,24). The Balaban J connectivity index is 2.08. The van der Waals surface area contributed by atoms with Crippen molar-refractivity contribution >= 4 is 11.8 Å². The Hall–Kier alpha value is -2.62. The van der Waals surface area contributed by atoms with Crippen LogP contribution < -0.4 is 5.32 Å². The molecule has 0 spiro atoms. The molecule has 2 aromatic rings. The first-order valence-corrected chi connectivity index (χ1v) is 8.14. The molecule has 0 fully saturated rings. The van der Waals surface area contributed by atoms with E-state index in [9.17, 15) is 15.2 Å². The Kier molecular flexibility index (Phi) is 6.34. The number of rotatable bonds is 7. The molecule has 0 radical (unpaired) electrons. The van der Waals surface area contributed by atoms with E-state index in [1.54, 1.807) is 13.8 Å². The van der Waals surface area contributed by atoms with Gasteiger partial charge in [0.2, 0.25) is 11.8 Å². The van der Waals surface area contributed by atoms with E-state index in [-0.39, 0.29) is 31.0 Å². The van der Waals surface area contributed by atoms with Crippen LogP contribution in [-0.4, -0.2) is 36.1 Å². The number of aryl methyl sites for hydroxylation is 1. The van der Waals surface area contributed by atoms with Crippen molar-refractivity contribution < 1.29 is 14.3 Å². The third-order valence-corrected chi connectivity index (χ3v) is 4.26. The van der Waals surface area contributed by atoms with Gasteiger partial charge in [0.1, 0.15) is 17.4 Å². The summed E-state index contributed by atoms with van der Waals surface area (Å²) in [6.07, 6.45) is 0.524. The first-order chi connectivity index (χ1) is 12.0. The zero-order valence-corrected chi connectivity index (χ0v) is 14.7. The Morgan fingerprint density at radius 2 is 2.04 bits per heavy atom. The summed E-state index contributed by atoms with van der Waals surface area (Å²) >= 11 is 0. The van der Waals surface area contributed by atoms with Gasteiger partial charge in [-0.25, -0.2) is 0 Å². The molecule has 1 aromatic heterocycles. The van der Waals surface area contributed by atoms with Crippen LogP contribution in [0.4, 0.5) is 5.88 Å². The zero-order valence-electron chi connectivity index (χ0n) is 14.7. The molecule has 6 nitrogen and oxygen atoms in total. The summed E-state index contributed by atoms with van der Waals surface area (Å²) in [5.41, 5.74) is 2.12. The fraction of sp³-hybridized carbons (Fsp3) is 0.368. The molecule has 1 aromatic carbocycles. The average molecular weight is 341 g/mol. The number of hydrogen-bond donors (Lipinski definition) is 2. The van der Waals surface area contributed by atoms with Crippen LogP contribution in [0.2, 0.25) is 0 Å². The molecule has 25 heavy (non-hydrogen) atoms. The number of anilines is 1. The molecule has 0 aliphatic carbocycles. The van der Waals surface area contributed by atoms with Crippen LogP contribution in [0.3, 0.4) is 0 Å². The maximum Gasteiger partial charge on any atom is 0.240 e. The fourth-order valence-corrected chi connectivity index (χ4v) is 2.79. The van der Waals surface area contributed by atoms with E-state index in [2.05, 4.69) is 11.4 Å². The van der Waals surface area contributed by atoms with Gasteiger partial charge in [-0.05, 0) is 32.9 Å². The third kappa shape index (κ3) is 4.47. The molecule has 6 heteroatoms. The molecule has 1 amide bonds. The SMILES string of the molecule is Cc1oc(NC(=O)CN(C)C(CCO)c2ccccc2)c(C#N)c1C. The predicted octanol–water partition coefficient (Wildman–Crippen LogP) is 2.76. The van der Waals surface area contributed by atoms with Crippen molar-refractivity contribution in [1.82, 2.24) is 4.90 Å². The molecule has 1 heterocycles. The molecular weight excluding hydrogens is 318 g/mol. The lowest BCUT2D eigenvalue weighted by atomic mass is 10.0. The Morgan fingerprint density at radius 3 is 2.64 bits per heavy atom. The number of nitriles is 1. The number of carbonyl (C=O) groups excluding carboxylic acids is 1. The third-order valence-electron chi connectivity index (χ3n) is 4.26. The molecule has 0 aliphatic heterocycles. The van der Waals surface area contributed by atoms with Gasteiger partial charge in [-0.2, -0.15) is 5.26 Å². The lowest BCUT2D eigenvalue weighted by Gasteiger charge is -2.27. The van der Waals surface area contributed by atoms with Crippen molar-refractivity contribution in [1.29, 1.82) is 5.26 Å². The van der Waals surface area contributed by atoms with Gasteiger partial charge in [-0.15, -0.1) is 0 Å². The minimum absolute atomic E-state index is 0.0284. The van der Waals surface area contributed by atoms with Gasteiger partial charge in [-0.1, -0.05) is 30.3 Å². The normalized spacial score (nSPS) is 12.0. The van der Waals surface area contributed by atoms with Crippen LogP contribution in [0.25, 0.3) is 0 Å². The lowest BCUT2D eigenvalue weighted by Crippen LogP contribution is -2.33. The summed E-state index contributed by atoms with van der Waals surface area (Å²) in [5.74, 6) is 0.531. The summed E-state index contributed by atoms with van der Waals surface area (Å²) in [4.78, 5) is 14.2. The second kappa shape index (κ2) is 8.47. The highest BCUT2D eigenvalue weighted by Gasteiger charge is 2.21. The van der Waals surface area contributed by atoms with E-state index in [4.69, 9.17) is 4.42 Å². The molecule has 0 aliphatic rings. The van der Waals surface area contributed by atoms with Crippen molar-refractivity contribution in [3.8, 4) is 6.07 Å². The summed E-state index contributed by atoms with van der Waals surface area (Å²) in [6, 6.07) is 11.7. The van der Waals surface area contributed by atoms with Crippen molar-refractivity contribution in [2.45, 2.75) is 26.3 Å². The number of benzene rings is 1. The highest BCUT2D eigenvalue weighted by Crippen LogP contribution is 2.26. The van der Waals surface area contributed by atoms with Crippen LogP contribution >= 0.6 is 0 Å². The van der Waals surface area contributed by atoms with E-state index in [1.807, 2.05) is 42.3 Å². The summed E-state index contributed by atoms with van der Waals surface area (Å²) in [7, 11) is 1.83. The molecule has 1 unspecified atom stereocenters. The Bertz CT molecular complexity index is 762. The number of aliphatic hydroxyl groups is 1. The van der Waals surface area contributed by atoms with Crippen LogP contribution in [0.15, 0.2) is 34.7 Å². The number of amides is 1. The predicted molar refractivity (Wildman–Crippen MR) is 95.0 cm³/mol. The molecule has 132 valence electrons. The molecule has 2 rings (SSSR count). The van der Waals surface area contributed by atoms with Crippen molar-refractivity contribution in [2.75, 3.05) is 25.5 Å². The Morgan fingerprint density at radius 1 is 1.36 bits per heavy atom. The molecule has 0 bridgehead atoms. The first-order valence-electron chi connectivity index (χ1n) is 8.14. The molecule has 0 saturated heterocycles. The number of nitrogens with zero attached hydrogens (tertiary/aromatic N) is 2. The van der Waals surface area contributed by atoms with Crippen molar-refractivity contribution in [2.24, 2.45) is 0 Å². The van der Waals surface area contributed by atoms with Gasteiger partial charge in [-0.3, -0.25) is 15.0 Å². The second-order valence-electron chi connectivity index (χ2n) is 6.00. The molecule has 2 N–H and O–H groups in total. The minimum atomic E-state index is -0.272. The monoisotopic (exact) mass is 341 g/mol. The van der Waals surface area contributed by atoms with E-state index >= 15 is 0 Å². The smallest absolute Gasteiger partial charge is 0.240 e. The summed E-state index contributed by atoms with van der Waals surface area (Å²) in [5, 5.41) is 21.2. The number of nitrogens with one attached hydrogen (secondary N) is 1. The maximum atomic E-state index is 12.4. The largest absolute Gasteiger partial charge is 0.444 e. The van der Waals surface area contributed by atoms with E-state index in [0.29, 0.717) is 17.7 Å². The summed E-state index contributed by atoms with van der Waals surface area (Å²) < 4.78 is 5.47. The number of likely N-dealkylation sites (N-methyl/N-ethyl adjacent to an activating group) is 1. The topological polar surface area (TPSA) is 89.5 Å². The van der Waals surface area contributed by atoms with Gasteiger partial charge >= 0.3 is 0 Å². The first kappa shape index (κ1) is 18.7. The lowest BCUT2D eigenvalue weighted by molar-refractivity contribution is -0.117. The van der Waals surface area contributed by atoms with Gasteiger partial charge < -0.3 is 9.52 Å². The second-order valence-corrected chi connectivity index (χ2v) is 6.00. The number of aliphatic hydroxyl groups excluding tert-OH is 1. The van der Waals surface area contributed by atoms with E-state index < -0.39 is 0 Å². The minimum Gasteiger partial charge on any atom is -0.444 e. The maximum absolute atomic E-state index is 12.4. The van der Waals surface area contributed by atoms with Gasteiger partial charge in [0.15, 0.2) is 0 Å². The van der Waals surface area contributed by atoms with Gasteiger partial charge in [0, 0.05) is 18.2 Å². The number of carbonyl (C=O) groups is 1.